The van der Waals surface area contributed by atoms with Crippen molar-refractivity contribution in [2.75, 3.05) is 6.61 Å². The van der Waals surface area contributed by atoms with Gasteiger partial charge < -0.3 is 14.5 Å². The quantitative estimate of drug-likeness (QED) is 0.470. The number of fused-ring (bicyclic) bond motifs is 3. The second-order valence-electron chi connectivity index (χ2n) is 7.24. The summed E-state index contributed by atoms with van der Waals surface area (Å²) in [5, 5.41) is 7.49. The van der Waals surface area contributed by atoms with E-state index in [0.717, 1.165) is 16.8 Å². The minimum Gasteiger partial charge on any atom is -0.494 e. The van der Waals surface area contributed by atoms with Crippen molar-refractivity contribution in [1.29, 1.82) is 0 Å². The van der Waals surface area contributed by atoms with Crippen LogP contribution in [0, 0.1) is 0 Å². The summed E-state index contributed by atoms with van der Waals surface area (Å²) in [6, 6.07) is 10.4. The van der Waals surface area contributed by atoms with Crippen molar-refractivity contribution in [1.82, 2.24) is 19.5 Å². The molecule has 3 aromatic heterocycles. The minimum absolute atomic E-state index is 0.259. The predicted octanol–water partition coefficient (Wildman–Crippen LogP) is 3.47. The van der Waals surface area contributed by atoms with Gasteiger partial charge in [-0.1, -0.05) is 32.0 Å². The molecule has 3 heterocycles. The first-order chi connectivity index (χ1) is 15.1. The van der Waals surface area contributed by atoms with Crippen LogP contribution in [0.5, 0.6) is 5.75 Å². The molecule has 0 spiro atoms. The van der Waals surface area contributed by atoms with E-state index in [-0.39, 0.29) is 11.5 Å². The van der Waals surface area contributed by atoms with Gasteiger partial charge in [-0.3, -0.25) is 14.0 Å². The average Bonchev–Trinajstić information content (AvgIpc) is 3.37. The summed E-state index contributed by atoms with van der Waals surface area (Å²) in [7, 11) is 0. The Labute approximate surface area is 179 Å². The first-order valence-corrected chi connectivity index (χ1v) is 10.6. The largest absolute Gasteiger partial charge is 0.494 e. The SMILES string of the molecule is CCOc1ccccc1CNC(=O)[C@@H](CC)n1nc(CC)n2c(cc3occc32)c1=O. The average molecular weight is 422 g/mol. The number of benzene rings is 1. The molecule has 0 saturated heterocycles. The molecule has 4 rings (SSSR count). The fourth-order valence-electron chi connectivity index (χ4n) is 3.85. The highest BCUT2D eigenvalue weighted by molar-refractivity contribution is 5.83. The molecule has 0 radical (unpaired) electrons. The summed E-state index contributed by atoms with van der Waals surface area (Å²) in [5.74, 6) is 1.17. The maximum absolute atomic E-state index is 13.2. The number of aryl methyl sites for hydroxylation is 1. The number of amides is 1. The lowest BCUT2D eigenvalue weighted by Crippen LogP contribution is -2.39. The lowest BCUT2D eigenvalue weighted by atomic mass is 10.1. The van der Waals surface area contributed by atoms with Crippen molar-refractivity contribution in [3.8, 4) is 5.75 Å². The van der Waals surface area contributed by atoms with Crippen LogP contribution in [0.4, 0.5) is 0 Å². The topological polar surface area (TPSA) is 90.8 Å². The number of hydrogen-bond acceptors (Lipinski definition) is 5. The number of nitrogens with one attached hydrogen (secondary N) is 1. The lowest BCUT2D eigenvalue weighted by molar-refractivity contribution is -0.125. The Hall–Kier alpha value is -3.55. The molecule has 0 aliphatic heterocycles. The molecule has 1 N–H and O–H groups in total. The Bertz CT molecular complexity index is 1280. The molecular formula is C23H26N4O4. The molecular weight excluding hydrogens is 396 g/mol. The molecule has 0 aliphatic rings. The Morgan fingerprint density at radius 2 is 2.00 bits per heavy atom. The molecule has 0 fully saturated rings. The first kappa shape index (κ1) is 20.7. The number of ether oxygens (including phenoxy) is 1. The van der Waals surface area contributed by atoms with Gasteiger partial charge in [0.05, 0.1) is 18.4 Å². The molecule has 8 nitrogen and oxygen atoms in total. The van der Waals surface area contributed by atoms with Gasteiger partial charge in [0.25, 0.3) is 5.56 Å². The molecule has 31 heavy (non-hydrogen) atoms. The molecule has 1 amide bonds. The summed E-state index contributed by atoms with van der Waals surface area (Å²) in [6.45, 7) is 6.60. The third-order valence-electron chi connectivity index (χ3n) is 5.36. The van der Waals surface area contributed by atoms with Gasteiger partial charge in [0, 0.05) is 30.7 Å². The van der Waals surface area contributed by atoms with Crippen molar-refractivity contribution < 1.29 is 13.9 Å². The van der Waals surface area contributed by atoms with E-state index in [0.29, 0.717) is 42.9 Å². The fraction of sp³-hybridized carbons (Fsp3) is 0.348. The van der Waals surface area contributed by atoms with Gasteiger partial charge in [-0.25, -0.2) is 4.68 Å². The minimum atomic E-state index is -0.719. The number of para-hydroxylation sites is 1. The number of furan rings is 1. The summed E-state index contributed by atoms with van der Waals surface area (Å²) in [5.41, 5.74) is 2.43. The van der Waals surface area contributed by atoms with E-state index in [1.54, 1.807) is 16.7 Å². The maximum atomic E-state index is 13.2. The van der Waals surface area contributed by atoms with E-state index in [4.69, 9.17) is 9.15 Å². The Kier molecular flexibility index (Phi) is 5.79. The monoisotopic (exact) mass is 422 g/mol. The molecule has 0 unspecified atom stereocenters. The fourth-order valence-corrected chi connectivity index (χ4v) is 3.85. The normalized spacial score (nSPS) is 12.4. The van der Waals surface area contributed by atoms with Crippen LogP contribution >= 0.6 is 0 Å². The number of carbonyl (C=O) groups excluding carboxylic acids is 1. The smallest absolute Gasteiger partial charge is 0.291 e. The second kappa shape index (κ2) is 8.67. The van der Waals surface area contributed by atoms with Crippen molar-refractivity contribution in [2.24, 2.45) is 0 Å². The van der Waals surface area contributed by atoms with Gasteiger partial charge in [0.15, 0.2) is 5.58 Å². The highest BCUT2D eigenvalue weighted by Crippen LogP contribution is 2.22. The highest BCUT2D eigenvalue weighted by atomic mass is 16.5. The third-order valence-corrected chi connectivity index (χ3v) is 5.36. The van der Waals surface area contributed by atoms with Gasteiger partial charge >= 0.3 is 0 Å². The first-order valence-electron chi connectivity index (χ1n) is 10.6. The number of nitrogens with zero attached hydrogens (tertiary/aromatic N) is 3. The van der Waals surface area contributed by atoms with Gasteiger partial charge in [-0.15, -0.1) is 0 Å². The summed E-state index contributed by atoms with van der Waals surface area (Å²) in [6.07, 6.45) is 2.62. The molecule has 1 aromatic carbocycles. The van der Waals surface area contributed by atoms with Crippen molar-refractivity contribution >= 4 is 22.5 Å². The van der Waals surface area contributed by atoms with Crippen LogP contribution in [0.1, 0.15) is 44.6 Å². The summed E-state index contributed by atoms with van der Waals surface area (Å²) >= 11 is 0. The molecule has 8 heteroatoms. The van der Waals surface area contributed by atoms with Crippen LogP contribution in [0.25, 0.3) is 16.6 Å². The van der Waals surface area contributed by atoms with E-state index in [1.807, 2.05) is 51.1 Å². The van der Waals surface area contributed by atoms with E-state index in [2.05, 4.69) is 10.4 Å². The van der Waals surface area contributed by atoms with Crippen LogP contribution in [-0.4, -0.2) is 26.7 Å². The van der Waals surface area contributed by atoms with E-state index >= 15 is 0 Å². The molecule has 162 valence electrons. The second-order valence-corrected chi connectivity index (χ2v) is 7.24. The van der Waals surface area contributed by atoms with Crippen molar-refractivity contribution in [3.63, 3.8) is 0 Å². The summed E-state index contributed by atoms with van der Waals surface area (Å²) < 4.78 is 14.2. The zero-order chi connectivity index (χ0) is 22.0. The van der Waals surface area contributed by atoms with Crippen LogP contribution < -0.4 is 15.6 Å². The maximum Gasteiger partial charge on any atom is 0.291 e. The van der Waals surface area contributed by atoms with Gasteiger partial charge in [-0.05, 0) is 19.4 Å². The number of aromatic nitrogens is 3. The van der Waals surface area contributed by atoms with Crippen molar-refractivity contribution in [2.45, 2.75) is 46.2 Å². The molecule has 4 aromatic rings. The molecule has 0 saturated carbocycles. The third kappa shape index (κ3) is 3.69. The molecule has 1 atom stereocenters. The number of carbonyl (C=O) groups is 1. The van der Waals surface area contributed by atoms with Crippen LogP contribution in [-0.2, 0) is 17.8 Å². The summed E-state index contributed by atoms with van der Waals surface area (Å²) in [4.78, 5) is 26.3. The van der Waals surface area contributed by atoms with Crippen LogP contribution in [0.3, 0.4) is 0 Å². The van der Waals surface area contributed by atoms with Crippen LogP contribution in [0.2, 0.25) is 0 Å². The molecule has 0 aliphatic carbocycles. The Morgan fingerprint density at radius 3 is 2.74 bits per heavy atom. The van der Waals surface area contributed by atoms with Gasteiger partial charge in [0.1, 0.15) is 23.1 Å². The van der Waals surface area contributed by atoms with Crippen molar-refractivity contribution in [3.05, 3.63) is 64.4 Å². The Balaban J connectivity index is 1.66. The number of rotatable bonds is 8. The van der Waals surface area contributed by atoms with Crippen LogP contribution in [0.15, 0.2) is 51.9 Å². The Morgan fingerprint density at radius 1 is 1.19 bits per heavy atom. The molecule has 0 bridgehead atoms. The zero-order valence-electron chi connectivity index (χ0n) is 17.9. The van der Waals surface area contributed by atoms with E-state index in [9.17, 15) is 9.59 Å². The van der Waals surface area contributed by atoms with Gasteiger partial charge in [0.2, 0.25) is 5.91 Å². The predicted molar refractivity (Wildman–Crippen MR) is 117 cm³/mol. The van der Waals surface area contributed by atoms with E-state index in [1.165, 1.54) is 4.68 Å². The van der Waals surface area contributed by atoms with E-state index < -0.39 is 6.04 Å². The highest BCUT2D eigenvalue weighted by Gasteiger charge is 2.24. The lowest BCUT2D eigenvalue weighted by Gasteiger charge is -2.19. The van der Waals surface area contributed by atoms with Gasteiger partial charge in [-0.2, -0.15) is 5.10 Å². The zero-order valence-corrected chi connectivity index (χ0v) is 17.9. The standard InChI is InChI=1S/C23H26N4O4/c1-4-16(22(28)24-14-15-9-7-8-10-19(15)30-6-3)27-23(29)18-13-20-17(11-12-31-20)26(18)21(5-2)25-27/h7-13,16H,4-6,14H2,1-3H3,(H,24,28)/t16-/m1/s1. The number of hydrogen-bond donors (Lipinski definition) is 1.